The van der Waals surface area contributed by atoms with Gasteiger partial charge in [0.1, 0.15) is 23.0 Å². The lowest BCUT2D eigenvalue weighted by atomic mass is 10.3. The van der Waals surface area contributed by atoms with Crippen molar-refractivity contribution in [3.8, 4) is 17.1 Å². The number of aryl methyl sites for hydroxylation is 1. The summed E-state index contributed by atoms with van der Waals surface area (Å²) in [6.07, 6.45) is 3.78. The largest absolute Gasteiger partial charge is 0.505 e. The Labute approximate surface area is 117 Å². The Morgan fingerprint density at radius 3 is 2.90 bits per heavy atom. The molecule has 0 aliphatic heterocycles. The molecule has 4 N–H and O–H groups in total. The van der Waals surface area contributed by atoms with Gasteiger partial charge in [-0.1, -0.05) is 25.5 Å². The van der Waals surface area contributed by atoms with Gasteiger partial charge in [-0.15, -0.1) is 0 Å². The topological polar surface area (TPSA) is 79.9 Å². The van der Waals surface area contributed by atoms with E-state index in [2.05, 4.69) is 16.9 Å². The van der Waals surface area contributed by atoms with Gasteiger partial charge in [0, 0.05) is 12.7 Å². The van der Waals surface area contributed by atoms with Crippen molar-refractivity contribution in [2.75, 3.05) is 5.73 Å². The van der Waals surface area contributed by atoms with Crippen LogP contribution < -0.4 is 5.73 Å². The molecular weight excluding hydrogens is 252 g/mol. The Morgan fingerprint density at radius 2 is 2.15 bits per heavy atom. The minimum atomic E-state index is 0.164. The van der Waals surface area contributed by atoms with Crippen LogP contribution in [0.5, 0.6) is 5.75 Å². The lowest BCUT2D eigenvalue weighted by Crippen LogP contribution is -2.02. The standard InChI is InChI=1S/C15H18N4O/c1-2-3-8-19-9-12(20)13(14(19)16)15-17-10-6-4-5-7-11(10)18-15/h4-7,9,20H,2-3,8,16H2,1H3,(H,17,18). The van der Waals surface area contributed by atoms with E-state index in [1.54, 1.807) is 6.20 Å². The number of imidazole rings is 1. The van der Waals surface area contributed by atoms with Crippen molar-refractivity contribution in [2.24, 2.45) is 0 Å². The monoisotopic (exact) mass is 270 g/mol. The zero-order valence-corrected chi connectivity index (χ0v) is 11.4. The van der Waals surface area contributed by atoms with Crippen molar-refractivity contribution >= 4 is 16.9 Å². The number of nitrogen functional groups attached to an aromatic ring is 1. The molecule has 2 aromatic heterocycles. The van der Waals surface area contributed by atoms with Crippen LogP contribution in [0, 0.1) is 0 Å². The van der Waals surface area contributed by atoms with Crippen LogP contribution in [0.4, 0.5) is 5.82 Å². The summed E-state index contributed by atoms with van der Waals surface area (Å²) in [5.41, 5.74) is 8.52. The molecule has 0 aliphatic rings. The number of fused-ring (bicyclic) bond motifs is 1. The highest BCUT2D eigenvalue weighted by Crippen LogP contribution is 2.35. The smallest absolute Gasteiger partial charge is 0.146 e. The first-order valence-electron chi connectivity index (χ1n) is 6.83. The van der Waals surface area contributed by atoms with E-state index in [0.717, 1.165) is 30.4 Å². The van der Waals surface area contributed by atoms with Gasteiger partial charge in [0.2, 0.25) is 0 Å². The molecule has 5 nitrogen and oxygen atoms in total. The van der Waals surface area contributed by atoms with Crippen LogP contribution >= 0.6 is 0 Å². The second-order valence-electron chi connectivity index (χ2n) is 4.92. The summed E-state index contributed by atoms with van der Waals surface area (Å²) in [5.74, 6) is 1.32. The van der Waals surface area contributed by atoms with E-state index in [1.807, 2.05) is 28.8 Å². The Bertz CT molecular complexity index is 708. The number of nitrogens with two attached hydrogens (primary N) is 1. The van der Waals surface area contributed by atoms with Crippen molar-refractivity contribution in [3.63, 3.8) is 0 Å². The molecule has 0 unspecified atom stereocenters. The highest BCUT2D eigenvalue weighted by molar-refractivity contribution is 5.84. The third-order valence-electron chi connectivity index (χ3n) is 3.48. The van der Waals surface area contributed by atoms with E-state index in [0.29, 0.717) is 17.2 Å². The minimum Gasteiger partial charge on any atom is -0.505 e. The second kappa shape index (κ2) is 4.92. The van der Waals surface area contributed by atoms with Crippen LogP contribution in [0.3, 0.4) is 0 Å². The molecule has 0 spiro atoms. The molecule has 5 heteroatoms. The number of benzene rings is 1. The van der Waals surface area contributed by atoms with Crippen molar-refractivity contribution < 1.29 is 5.11 Å². The number of para-hydroxylation sites is 2. The molecule has 0 saturated heterocycles. The number of hydrogen-bond donors (Lipinski definition) is 3. The number of unbranched alkanes of at least 4 members (excludes halogenated alkanes) is 1. The number of anilines is 1. The van der Waals surface area contributed by atoms with E-state index in [-0.39, 0.29) is 5.75 Å². The fourth-order valence-electron chi connectivity index (χ4n) is 2.38. The molecular formula is C15H18N4O. The quantitative estimate of drug-likeness (QED) is 0.681. The van der Waals surface area contributed by atoms with Crippen LogP contribution in [0.15, 0.2) is 30.5 Å². The molecule has 0 aliphatic carbocycles. The van der Waals surface area contributed by atoms with Crippen LogP contribution in [0.25, 0.3) is 22.4 Å². The predicted octanol–water partition coefficient (Wildman–Crippen LogP) is 3.12. The maximum Gasteiger partial charge on any atom is 0.146 e. The van der Waals surface area contributed by atoms with Gasteiger partial charge in [0.25, 0.3) is 0 Å². The zero-order chi connectivity index (χ0) is 14.1. The van der Waals surface area contributed by atoms with E-state index >= 15 is 0 Å². The third-order valence-corrected chi connectivity index (χ3v) is 3.48. The average Bonchev–Trinajstić information content (AvgIpc) is 2.97. The number of aromatic hydroxyl groups is 1. The van der Waals surface area contributed by atoms with E-state index in [1.165, 1.54) is 0 Å². The van der Waals surface area contributed by atoms with Gasteiger partial charge >= 0.3 is 0 Å². The average molecular weight is 270 g/mol. The fraction of sp³-hybridized carbons (Fsp3) is 0.267. The molecule has 2 heterocycles. The summed E-state index contributed by atoms with van der Waals surface area (Å²) in [7, 11) is 0. The molecule has 0 atom stereocenters. The number of hydrogen-bond acceptors (Lipinski definition) is 3. The van der Waals surface area contributed by atoms with E-state index < -0.39 is 0 Å². The van der Waals surface area contributed by atoms with Gasteiger partial charge in [-0.05, 0) is 18.6 Å². The Balaban J connectivity index is 2.07. The van der Waals surface area contributed by atoms with Gasteiger partial charge in [-0.25, -0.2) is 4.98 Å². The number of nitrogens with zero attached hydrogens (tertiary/aromatic N) is 2. The van der Waals surface area contributed by atoms with Crippen LogP contribution in [0.2, 0.25) is 0 Å². The fourth-order valence-corrected chi connectivity index (χ4v) is 2.38. The molecule has 1 aromatic carbocycles. The summed E-state index contributed by atoms with van der Waals surface area (Å²) in [5, 5.41) is 10.1. The van der Waals surface area contributed by atoms with Crippen molar-refractivity contribution in [2.45, 2.75) is 26.3 Å². The summed E-state index contributed by atoms with van der Waals surface area (Å²) >= 11 is 0. The first-order valence-corrected chi connectivity index (χ1v) is 6.83. The summed E-state index contributed by atoms with van der Waals surface area (Å²) < 4.78 is 1.88. The van der Waals surface area contributed by atoms with Crippen molar-refractivity contribution in [1.82, 2.24) is 14.5 Å². The minimum absolute atomic E-state index is 0.164. The number of nitrogens with one attached hydrogen (secondary N) is 1. The molecule has 3 rings (SSSR count). The highest BCUT2D eigenvalue weighted by atomic mass is 16.3. The first-order chi connectivity index (χ1) is 9.70. The summed E-state index contributed by atoms with van der Waals surface area (Å²) in [6, 6.07) is 7.76. The number of rotatable bonds is 4. The number of aromatic nitrogens is 3. The lowest BCUT2D eigenvalue weighted by molar-refractivity contribution is 0.474. The molecule has 3 aromatic rings. The molecule has 0 saturated carbocycles. The van der Waals surface area contributed by atoms with Gasteiger partial charge in [-0.2, -0.15) is 0 Å². The van der Waals surface area contributed by atoms with Crippen LogP contribution in [-0.2, 0) is 6.54 Å². The maximum atomic E-state index is 10.1. The van der Waals surface area contributed by atoms with Crippen LogP contribution in [0.1, 0.15) is 19.8 Å². The number of H-pyrrole nitrogens is 1. The highest BCUT2D eigenvalue weighted by Gasteiger charge is 2.17. The maximum absolute atomic E-state index is 10.1. The van der Waals surface area contributed by atoms with Gasteiger partial charge in [0.05, 0.1) is 11.0 Å². The molecule has 0 radical (unpaired) electrons. The zero-order valence-electron chi connectivity index (χ0n) is 11.4. The Kier molecular flexibility index (Phi) is 3.10. The predicted molar refractivity (Wildman–Crippen MR) is 80.5 cm³/mol. The van der Waals surface area contributed by atoms with Crippen LogP contribution in [-0.4, -0.2) is 19.6 Å². The van der Waals surface area contributed by atoms with Crippen molar-refractivity contribution in [3.05, 3.63) is 30.5 Å². The van der Waals surface area contributed by atoms with Gasteiger partial charge in [0.15, 0.2) is 0 Å². The Morgan fingerprint density at radius 1 is 1.35 bits per heavy atom. The first kappa shape index (κ1) is 12.6. The van der Waals surface area contributed by atoms with Gasteiger partial charge in [-0.3, -0.25) is 0 Å². The van der Waals surface area contributed by atoms with E-state index in [9.17, 15) is 5.11 Å². The SMILES string of the molecule is CCCCn1cc(O)c(-c2nc3ccccc3[nH]2)c1N. The summed E-state index contributed by atoms with van der Waals surface area (Å²) in [4.78, 5) is 7.69. The third kappa shape index (κ3) is 2.01. The van der Waals surface area contributed by atoms with Crippen molar-refractivity contribution in [1.29, 1.82) is 0 Å². The molecule has 20 heavy (non-hydrogen) atoms. The lowest BCUT2D eigenvalue weighted by Gasteiger charge is -2.04. The Hall–Kier alpha value is -2.43. The number of aromatic amines is 1. The molecule has 0 fully saturated rings. The van der Waals surface area contributed by atoms with Gasteiger partial charge < -0.3 is 20.4 Å². The van der Waals surface area contributed by atoms with E-state index in [4.69, 9.17) is 5.73 Å². The molecule has 0 bridgehead atoms. The molecule has 0 amide bonds. The molecule has 104 valence electrons. The normalized spacial score (nSPS) is 11.2. The second-order valence-corrected chi connectivity index (χ2v) is 4.92. The summed E-state index contributed by atoms with van der Waals surface area (Å²) in [6.45, 7) is 2.93.